The van der Waals surface area contributed by atoms with Gasteiger partial charge in [0.2, 0.25) is 5.91 Å². The predicted molar refractivity (Wildman–Crippen MR) is 112 cm³/mol. The van der Waals surface area contributed by atoms with Gasteiger partial charge in [-0.05, 0) is 30.2 Å². The summed E-state index contributed by atoms with van der Waals surface area (Å²) in [5.74, 6) is -0.842. The number of anilines is 1. The smallest absolute Gasteiger partial charge is 0.294 e. The van der Waals surface area contributed by atoms with Crippen LogP contribution in [0.25, 0.3) is 5.69 Å². The van der Waals surface area contributed by atoms with Crippen LogP contribution >= 0.6 is 0 Å². The summed E-state index contributed by atoms with van der Waals surface area (Å²) in [6, 6.07) is 11.6. The van der Waals surface area contributed by atoms with Crippen molar-refractivity contribution in [3.63, 3.8) is 0 Å². The Morgan fingerprint density at radius 2 is 2.00 bits per heavy atom. The van der Waals surface area contributed by atoms with E-state index in [0.717, 1.165) is 12.0 Å². The van der Waals surface area contributed by atoms with Crippen LogP contribution in [0.4, 0.5) is 11.4 Å². The number of nitrogens with zero attached hydrogens (tertiary/aromatic N) is 4. The molecule has 0 aliphatic heterocycles. The van der Waals surface area contributed by atoms with Crippen molar-refractivity contribution in [2.45, 2.75) is 13.3 Å². The Bertz CT molecular complexity index is 1080. The van der Waals surface area contributed by atoms with Crippen LogP contribution in [0.2, 0.25) is 0 Å². The SMILES string of the molecule is CCc1ccccc1NC(=O)CN(C)C(=O)c1ccc(-n2ccnc2)c([N+](=O)[O-])c1. The number of hydrogen-bond acceptors (Lipinski definition) is 5. The van der Waals surface area contributed by atoms with Crippen molar-refractivity contribution in [3.05, 3.63) is 82.4 Å². The van der Waals surface area contributed by atoms with Gasteiger partial charge in [0.05, 0.1) is 17.8 Å². The summed E-state index contributed by atoms with van der Waals surface area (Å²) in [6.07, 6.45) is 5.28. The Labute approximate surface area is 173 Å². The fraction of sp³-hybridized carbons (Fsp3) is 0.190. The average molecular weight is 407 g/mol. The van der Waals surface area contributed by atoms with E-state index in [1.165, 1.54) is 47.2 Å². The molecule has 0 bridgehead atoms. The molecule has 0 aliphatic carbocycles. The number of benzene rings is 2. The summed E-state index contributed by atoms with van der Waals surface area (Å²) in [6.45, 7) is 1.80. The van der Waals surface area contributed by atoms with Gasteiger partial charge < -0.3 is 14.8 Å². The third kappa shape index (κ3) is 4.52. The van der Waals surface area contributed by atoms with Crippen LogP contribution in [-0.4, -0.2) is 44.8 Å². The third-order valence-corrected chi connectivity index (χ3v) is 4.60. The highest BCUT2D eigenvalue weighted by Gasteiger charge is 2.21. The van der Waals surface area contributed by atoms with Gasteiger partial charge in [0.25, 0.3) is 11.6 Å². The number of nitrogens with one attached hydrogen (secondary N) is 1. The number of rotatable bonds is 7. The lowest BCUT2D eigenvalue weighted by Crippen LogP contribution is -2.35. The first kappa shape index (κ1) is 20.7. The van der Waals surface area contributed by atoms with E-state index in [4.69, 9.17) is 0 Å². The summed E-state index contributed by atoms with van der Waals surface area (Å²) >= 11 is 0. The van der Waals surface area contributed by atoms with Crippen LogP contribution in [0.5, 0.6) is 0 Å². The van der Waals surface area contributed by atoms with Gasteiger partial charge in [0.1, 0.15) is 5.69 Å². The number of nitro groups is 1. The molecule has 1 aromatic heterocycles. The molecule has 2 aromatic carbocycles. The zero-order chi connectivity index (χ0) is 21.7. The highest BCUT2D eigenvalue weighted by molar-refractivity contribution is 6.00. The fourth-order valence-electron chi connectivity index (χ4n) is 3.07. The van der Waals surface area contributed by atoms with Gasteiger partial charge in [-0.2, -0.15) is 0 Å². The lowest BCUT2D eigenvalue weighted by atomic mass is 10.1. The largest absolute Gasteiger partial charge is 0.332 e. The molecule has 30 heavy (non-hydrogen) atoms. The van der Waals surface area contributed by atoms with E-state index in [2.05, 4.69) is 10.3 Å². The Balaban J connectivity index is 1.75. The van der Waals surface area contributed by atoms with E-state index in [1.807, 2.05) is 25.1 Å². The molecule has 1 heterocycles. The fourth-order valence-corrected chi connectivity index (χ4v) is 3.07. The van der Waals surface area contributed by atoms with Gasteiger partial charge in [0, 0.05) is 36.8 Å². The molecule has 0 saturated carbocycles. The van der Waals surface area contributed by atoms with Crippen molar-refractivity contribution in [3.8, 4) is 5.69 Å². The minimum Gasteiger partial charge on any atom is -0.332 e. The molecule has 0 saturated heterocycles. The van der Waals surface area contributed by atoms with Crippen LogP contribution in [0.15, 0.2) is 61.2 Å². The van der Waals surface area contributed by atoms with Crippen molar-refractivity contribution in [1.82, 2.24) is 14.5 Å². The Kier molecular flexibility index (Phi) is 6.21. The van der Waals surface area contributed by atoms with Crippen LogP contribution in [0.3, 0.4) is 0 Å². The van der Waals surface area contributed by atoms with Crippen LogP contribution < -0.4 is 5.32 Å². The second-order valence-electron chi connectivity index (χ2n) is 6.65. The topological polar surface area (TPSA) is 110 Å². The zero-order valence-corrected chi connectivity index (χ0v) is 16.6. The number of para-hydroxylation sites is 1. The number of carbonyl (C=O) groups is 2. The molecule has 154 valence electrons. The van der Waals surface area contributed by atoms with E-state index < -0.39 is 10.8 Å². The van der Waals surface area contributed by atoms with E-state index in [1.54, 1.807) is 12.3 Å². The highest BCUT2D eigenvalue weighted by atomic mass is 16.6. The molecule has 0 radical (unpaired) electrons. The van der Waals surface area contributed by atoms with Crippen molar-refractivity contribution in [2.75, 3.05) is 18.9 Å². The number of aryl methyl sites for hydroxylation is 1. The number of aromatic nitrogens is 2. The minimum atomic E-state index is -0.555. The molecule has 0 atom stereocenters. The molecule has 3 aromatic rings. The highest BCUT2D eigenvalue weighted by Crippen LogP contribution is 2.25. The minimum absolute atomic E-state index is 0.120. The van der Waals surface area contributed by atoms with Crippen molar-refractivity contribution in [1.29, 1.82) is 0 Å². The molecule has 9 nitrogen and oxygen atoms in total. The summed E-state index contributed by atoms with van der Waals surface area (Å²) in [4.78, 5) is 41.2. The first-order valence-electron chi connectivity index (χ1n) is 9.30. The van der Waals surface area contributed by atoms with Gasteiger partial charge in [-0.15, -0.1) is 0 Å². The molecule has 0 spiro atoms. The summed E-state index contributed by atoms with van der Waals surface area (Å²) in [5, 5.41) is 14.3. The summed E-state index contributed by atoms with van der Waals surface area (Å²) in [5.41, 5.74) is 1.88. The quantitative estimate of drug-likeness (QED) is 0.478. The van der Waals surface area contributed by atoms with Gasteiger partial charge in [0.15, 0.2) is 0 Å². The standard InChI is InChI=1S/C21H21N5O4/c1-3-15-6-4-5-7-17(15)23-20(27)13-24(2)21(28)16-8-9-18(19(12-16)26(29)30)25-11-10-22-14-25/h4-12,14H,3,13H2,1-2H3,(H,23,27). The first-order valence-corrected chi connectivity index (χ1v) is 9.30. The summed E-state index contributed by atoms with van der Waals surface area (Å²) < 4.78 is 1.49. The second kappa shape index (κ2) is 8.99. The Morgan fingerprint density at radius 3 is 2.67 bits per heavy atom. The molecular weight excluding hydrogens is 386 g/mol. The Morgan fingerprint density at radius 1 is 1.23 bits per heavy atom. The van der Waals surface area contributed by atoms with E-state index in [-0.39, 0.29) is 23.7 Å². The van der Waals surface area contributed by atoms with Gasteiger partial charge in [-0.25, -0.2) is 4.98 Å². The molecule has 2 amide bonds. The van der Waals surface area contributed by atoms with Crippen LogP contribution in [0.1, 0.15) is 22.8 Å². The number of hydrogen-bond donors (Lipinski definition) is 1. The van der Waals surface area contributed by atoms with Gasteiger partial charge >= 0.3 is 0 Å². The summed E-state index contributed by atoms with van der Waals surface area (Å²) in [7, 11) is 1.48. The van der Waals surface area contributed by atoms with Crippen LogP contribution in [-0.2, 0) is 11.2 Å². The maximum Gasteiger partial charge on any atom is 0.294 e. The average Bonchev–Trinajstić information content (AvgIpc) is 3.27. The molecular formula is C21H21N5O4. The zero-order valence-electron chi connectivity index (χ0n) is 16.6. The van der Waals surface area contributed by atoms with Gasteiger partial charge in [-0.3, -0.25) is 19.7 Å². The van der Waals surface area contributed by atoms with Crippen molar-refractivity contribution in [2.24, 2.45) is 0 Å². The number of carbonyl (C=O) groups excluding carboxylic acids is 2. The molecule has 0 fully saturated rings. The van der Waals surface area contributed by atoms with E-state index >= 15 is 0 Å². The predicted octanol–water partition coefficient (Wildman–Crippen LogP) is 3.05. The molecule has 0 aliphatic rings. The number of imidazole rings is 1. The monoisotopic (exact) mass is 407 g/mol. The molecule has 1 N–H and O–H groups in total. The van der Waals surface area contributed by atoms with Gasteiger partial charge in [-0.1, -0.05) is 25.1 Å². The maximum atomic E-state index is 12.7. The van der Waals surface area contributed by atoms with Crippen molar-refractivity contribution >= 4 is 23.2 Å². The number of likely N-dealkylation sites (N-methyl/N-ethyl adjacent to an activating group) is 1. The molecule has 0 unspecified atom stereocenters. The molecule has 9 heteroatoms. The van der Waals surface area contributed by atoms with Crippen LogP contribution in [0, 0.1) is 10.1 Å². The normalized spacial score (nSPS) is 10.5. The molecule has 3 rings (SSSR count). The number of amides is 2. The Hall–Kier alpha value is -4.01. The third-order valence-electron chi connectivity index (χ3n) is 4.60. The number of nitro benzene ring substituents is 1. The first-order chi connectivity index (χ1) is 14.4. The van der Waals surface area contributed by atoms with E-state index in [9.17, 15) is 19.7 Å². The lowest BCUT2D eigenvalue weighted by molar-refractivity contribution is -0.384. The second-order valence-corrected chi connectivity index (χ2v) is 6.65. The lowest BCUT2D eigenvalue weighted by Gasteiger charge is -2.18. The van der Waals surface area contributed by atoms with Crippen molar-refractivity contribution < 1.29 is 14.5 Å². The maximum absolute atomic E-state index is 12.7. The van der Waals surface area contributed by atoms with E-state index in [0.29, 0.717) is 11.4 Å².